The number of amides is 1. The molecule has 1 saturated heterocycles. The molecular formula is C18H19FN2O3. The molecule has 0 radical (unpaired) electrons. The van der Waals surface area contributed by atoms with Crippen LogP contribution in [0.25, 0.3) is 0 Å². The first-order chi connectivity index (χ1) is 11.6. The first-order valence-electron chi connectivity index (χ1n) is 7.84. The number of halogens is 1. The molecule has 1 amide bonds. The van der Waals surface area contributed by atoms with Gasteiger partial charge in [-0.3, -0.25) is 4.79 Å². The molecule has 6 heteroatoms. The Morgan fingerprint density at radius 3 is 2.96 bits per heavy atom. The van der Waals surface area contributed by atoms with Crippen LogP contribution in [0.4, 0.5) is 4.39 Å². The Morgan fingerprint density at radius 1 is 1.33 bits per heavy atom. The van der Waals surface area contributed by atoms with Gasteiger partial charge in [-0.15, -0.1) is 0 Å². The largest absolute Gasteiger partial charge is 0.497 e. The van der Waals surface area contributed by atoms with Gasteiger partial charge in [-0.1, -0.05) is 18.2 Å². The number of ether oxygens (including phenoxy) is 2. The van der Waals surface area contributed by atoms with E-state index in [0.717, 1.165) is 11.3 Å². The zero-order chi connectivity index (χ0) is 16.9. The number of rotatable bonds is 5. The maximum absolute atomic E-state index is 13.1. The van der Waals surface area contributed by atoms with Crippen LogP contribution < -0.4 is 9.47 Å². The number of carbonyl (C=O) groups is 1. The van der Waals surface area contributed by atoms with Gasteiger partial charge in [0.15, 0.2) is 0 Å². The Morgan fingerprint density at radius 2 is 2.17 bits per heavy atom. The standard InChI is InChI=1S/C18H19FN2O3/c1-23-14-5-2-4-13(10-14)11-18(22)21-9-8-15(12-21)24-17-7-3-6-16(19)20-17/h2-7,10,15H,8-9,11-12H2,1H3. The average Bonchev–Trinajstić information content (AvgIpc) is 3.04. The molecule has 1 aromatic heterocycles. The highest BCUT2D eigenvalue weighted by Crippen LogP contribution is 2.19. The van der Waals surface area contributed by atoms with Crippen LogP contribution in [0.3, 0.4) is 0 Å². The Bertz CT molecular complexity index is 723. The molecule has 1 unspecified atom stereocenters. The maximum atomic E-state index is 13.1. The van der Waals surface area contributed by atoms with E-state index in [2.05, 4.69) is 4.98 Å². The lowest BCUT2D eigenvalue weighted by Crippen LogP contribution is -2.32. The second-order valence-corrected chi connectivity index (χ2v) is 5.70. The Kier molecular flexibility index (Phi) is 4.93. The van der Waals surface area contributed by atoms with Crippen molar-refractivity contribution < 1.29 is 18.7 Å². The van der Waals surface area contributed by atoms with Gasteiger partial charge in [0.05, 0.1) is 20.1 Å². The molecule has 5 nitrogen and oxygen atoms in total. The van der Waals surface area contributed by atoms with Crippen LogP contribution in [0.1, 0.15) is 12.0 Å². The third kappa shape index (κ3) is 4.01. The third-order valence-corrected chi connectivity index (χ3v) is 3.96. The predicted octanol–water partition coefficient (Wildman–Crippen LogP) is 2.45. The minimum Gasteiger partial charge on any atom is -0.497 e. The van der Waals surface area contributed by atoms with Crippen LogP contribution in [-0.4, -0.2) is 42.1 Å². The summed E-state index contributed by atoms with van der Waals surface area (Å²) in [5.41, 5.74) is 0.913. The van der Waals surface area contributed by atoms with Gasteiger partial charge in [-0.05, 0) is 23.8 Å². The minimum absolute atomic E-state index is 0.0431. The average molecular weight is 330 g/mol. The lowest BCUT2D eigenvalue weighted by atomic mass is 10.1. The van der Waals surface area contributed by atoms with Gasteiger partial charge in [0.2, 0.25) is 17.7 Å². The topological polar surface area (TPSA) is 51.7 Å². The van der Waals surface area contributed by atoms with E-state index in [1.165, 1.54) is 6.07 Å². The molecule has 126 valence electrons. The van der Waals surface area contributed by atoms with Crippen molar-refractivity contribution in [1.82, 2.24) is 9.88 Å². The van der Waals surface area contributed by atoms with E-state index >= 15 is 0 Å². The summed E-state index contributed by atoms with van der Waals surface area (Å²) in [7, 11) is 1.60. The lowest BCUT2D eigenvalue weighted by molar-refractivity contribution is -0.129. The number of benzene rings is 1. The molecule has 1 atom stereocenters. The van der Waals surface area contributed by atoms with E-state index in [-0.39, 0.29) is 17.9 Å². The Hall–Kier alpha value is -2.63. The number of aromatic nitrogens is 1. The van der Waals surface area contributed by atoms with Crippen molar-refractivity contribution in [2.75, 3.05) is 20.2 Å². The highest BCUT2D eigenvalue weighted by Gasteiger charge is 2.27. The van der Waals surface area contributed by atoms with Crippen molar-refractivity contribution in [2.24, 2.45) is 0 Å². The molecule has 24 heavy (non-hydrogen) atoms. The highest BCUT2D eigenvalue weighted by molar-refractivity contribution is 5.79. The third-order valence-electron chi connectivity index (χ3n) is 3.96. The second-order valence-electron chi connectivity index (χ2n) is 5.70. The summed E-state index contributed by atoms with van der Waals surface area (Å²) < 4.78 is 23.9. The fourth-order valence-electron chi connectivity index (χ4n) is 2.75. The zero-order valence-corrected chi connectivity index (χ0v) is 13.4. The van der Waals surface area contributed by atoms with E-state index in [1.807, 2.05) is 24.3 Å². The number of nitrogens with zero attached hydrogens (tertiary/aromatic N) is 2. The van der Waals surface area contributed by atoms with Gasteiger partial charge in [-0.2, -0.15) is 9.37 Å². The van der Waals surface area contributed by atoms with Crippen molar-refractivity contribution in [3.05, 3.63) is 54.0 Å². The van der Waals surface area contributed by atoms with Crippen LogP contribution in [0.5, 0.6) is 11.6 Å². The number of hydrogen-bond acceptors (Lipinski definition) is 4. The summed E-state index contributed by atoms with van der Waals surface area (Å²) in [5.74, 6) is 0.459. The summed E-state index contributed by atoms with van der Waals surface area (Å²) >= 11 is 0. The number of methoxy groups -OCH3 is 1. The van der Waals surface area contributed by atoms with Crippen LogP contribution >= 0.6 is 0 Å². The van der Waals surface area contributed by atoms with E-state index < -0.39 is 5.95 Å². The number of likely N-dealkylation sites (tertiary alicyclic amines) is 1. The first kappa shape index (κ1) is 16.2. The molecule has 0 bridgehead atoms. The van der Waals surface area contributed by atoms with E-state index in [0.29, 0.717) is 25.9 Å². The van der Waals surface area contributed by atoms with Gasteiger partial charge in [0, 0.05) is 19.0 Å². The fraction of sp³-hybridized carbons (Fsp3) is 0.333. The Balaban J connectivity index is 1.55. The van der Waals surface area contributed by atoms with Crippen molar-refractivity contribution in [1.29, 1.82) is 0 Å². The lowest BCUT2D eigenvalue weighted by Gasteiger charge is -2.17. The van der Waals surface area contributed by atoms with Gasteiger partial charge < -0.3 is 14.4 Å². The molecule has 2 heterocycles. The zero-order valence-electron chi connectivity index (χ0n) is 13.4. The van der Waals surface area contributed by atoms with Gasteiger partial charge in [0.25, 0.3) is 0 Å². The number of hydrogen-bond donors (Lipinski definition) is 0. The molecular weight excluding hydrogens is 311 g/mol. The SMILES string of the molecule is COc1cccc(CC(=O)N2CCC(Oc3cccc(F)n3)C2)c1. The molecule has 0 aliphatic carbocycles. The highest BCUT2D eigenvalue weighted by atomic mass is 19.1. The van der Waals surface area contributed by atoms with Crippen molar-refractivity contribution >= 4 is 5.91 Å². The van der Waals surface area contributed by atoms with Crippen molar-refractivity contribution in [2.45, 2.75) is 18.9 Å². The van der Waals surface area contributed by atoms with Gasteiger partial charge in [-0.25, -0.2) is 0 Å². The molecule has 1 aliphatic rings. The minimum atomic E-state index is -0.573. The number of carbonyl (C=O) groups excluding carboxylic acids is 1. The van der Waals surface area contributed by atoms with Gasteiger partial charge >= 0.3 is 0 Å². The normalized spacial score (nSPS) is 16.9. The fourth-order valence-corrected chi connectivity index (χ4v) is 2.75. The molecule has 1 fully saturated rings. The van der Waals surface area contributed by atoms with Crippen molar-refractivity contribution in [3.8, 4) is 11.6 Å². The molecule has 2 aromatic rings. The van der Waals surface area contributed by atoms with Crippen LogP contribution in [-0.2, 0) is 11.2 Å². The maximum Gasteiger partial charge on any atom is 0.227 e. The smallest absolute Gasteiger partial charge is 0.227 e. The van der Waals surface area contributed by atoms with E-state index in [4.69, 9.17) is 9.47 Å². The summed E-state index contributed by atoms with van der Waals surface area (Å²) in [5, 5.41) is 0. The molecule has 0 saturated carbocycles. The van der Waals surface area contributed by atoms with E-state index in [9.17, 15) is 9.18 Å². The quantitative estimate of drug-likeness (QED) is 0.790. The van der Waals surface area contributed by atoms with Crippen LogP contribution in [0, 0.1) is 5.95 Å². The molecule has 0 N–H and O–H groups in total. The first-order valence-corrected chi connectivity index (χ1v) is 7.84. The van der Waals surface area contributed by atoms with Gasteiger partial charge in [0.1, 0.15) is 11.9 Å². The molecule has 1 aliphatic heterocycles. The molecule has 3 rings (SSSR count). The molecule has 1 aromatic carbocycles. The second kappa shape index (κ2) is 7.29. The monoisotopic (exact) mass is 330 g/mol. The predicted molar refractivity (Wildman–Crippen MR) is 86.5 cm³/mol. The molecule has 0 spiro atoms. The van der Waals surface area contributed by atoms with E-state index in [1.54, 1.807) is 24.1 Å². The Labute approximate surface area is 140 Å². The summed E-state index contributed by atoms with van der Waals surface area (Å²) in [6, 6.07) is 11.9. The number of pyridine rings is 1. The van der Waals surface area contributed by atoms with Crippen LogP contribution in [0.2, 0.25) is 0 Å². The van der Waals surface area contributed by atoms with Crippen molar-refractivity contribution in [3.63, 3.8) is 0 Å². The summed E-state index contributed by atoms with van der Waals surface area (Å²) in [4.78, 5) is 17.9. The summed E-state index contributed by atoms with van der Waals surface area (Å²) in [6.45, 7) is 1.11. The summed E-state index contributed by atoms with van der Waals surface area (Å²) in [6.07, 6.45) is 0.873. The van der Waals surface area contributed by atoms with Crippen LogP contribution in [0.15, 0.2) is 42.5 Å².